The summed E-state index contributed by atoms with van der Waals surface area (Å²) in [6, 6.07) is 4.63. The number of nitrogens with zero attached hydrogens (tertiary/aromatic N) is 3. The molecule has 6 nitrogen and oxygen atoms in total. The molecule has 106 valence electrons. The Bertz CT molecular complexity index is 595. The Hall–Kier alpha value is -1.80. The summed E-state index contributed by atoms with van der Waals surface area (Å²) in [6.45, 7) is 0.600. The maximum atomic E-state index is 13.2. The van der Waals surface area contributed by atoms with E-state index in [1.807, 2.05) is 0 Å². The zero-order valence-electron chi connectivity index (χ0n) is 10.5. The van der Waals surface area contributed by atoms with Gasteiger partial charge >= 0.3 is 0 Å². The second-order valence-corrected chi connectivity index (χ2v) is 5.08. The van der Waals surface area contributed by atoms with Crippen LogP contribution < -0.4 is 11.1 Å². The van der Waals surface area contributed by atoms with Crippen molar-refractivity contribution in [2.24, 2.45) is 5.73 Å². The number of halogens is 2. The minimum Gasteiger partial charge on any atom is -0.349 e. The Labute approximate surface area is 123 Å². The Morgan fingerprint density at radius 1 is 1.45 bits per heavy atom. The molecule has 0 aliphatic heterocycles. The number of carbonyl (C=O) groups is 1. The van der Waals surface area contributed by atoms with Crippen LogP contribution in [0.1, 0.15) is 11.3 Å². The summed E-state index contributed by atoms with van der Waals surface area (Å²) in [7, 11) is 0. The summed E-state index contributed by atoms with van der Waals surface area (Å²) in [5.74, 6) is -0.571. The zero-order valence-corrected chi connectivity index (χ0v) is 12.1. The summed E-state index contributed by atoms with van der Waals surface area (Å²) in [6.07, 6.45) is 1.69. The highest BCUT2D eigenvalue weighted by molar-refractivity contribution is 9.10. The molecular formula is C12H13BrFN5O. The highest BCUT2D eigenvalue weighted by atomic mass is 79.9. The van der Waals surface area contributed by atoms with Crippen LogP contribution in [-0.2, 0) is 17.9 Å². The van der Waals surface area contributed by atoms with Gasteiger partial charge in [-0.1, -0.05) is 21.1 Å². The number of rotatable bonds is 5. The molecule has 1 aromatic carbocycles. The number of amides is 1. The molecule has 8 heteroatoms. The van der Waals surface area contributed by atoms with Crippen molar-refractivity contribution < 1.29 is 9.18 Å². The van der Waals surface area contributed by atoms with E-state index in [1.54, 1.807) is 16.9 Å². The fraction of sp³-hybridized carbons (Fsp3) is 0.250. The fourth-order valence-corrected chi connectivity index (χ4v) is 2.16. The van der Waals surface area contributed by atoms with Crippen LogP contribution in [0.3, 0.4) is 0 Å². The molecule has 1 heterocycles. The third-order valence-electron chi connectivity index (χ3n) is 2.51. The number of hydrogen-bond acceptors (Lipinski definition) is 4. The molecule has 3 N–H and O–H groups in total. The highest BCUT2D eigenvalue weighted by Crippen LogP contribution is 2.15. The van der Waals surface area contributed by atoms with Crippen molar-refractivity contribution >= 4 is 21.8 Å². The number of hydrogen-bond donors (Lipinski definition) is 2. The van der Waals surface area contributed by atoms with Crippen molar-refractivity contribution in [2.45, 2.75) is 13.1 Å². The van der Waals surface area contributed by atoms with Crippen LogP contribution in [0, 0.1) is 5.82 Å². The van der Waals surface area contributed by atoms with Gasteiger partial charge in [0.25, 0.3) is 0 Å². The lowest BCUT2D eigenvalue weighted by molar-refractivity contribution is -0.119. The quantitative estimate of drug-likeness (QED) is 0.842. The van der Waals surface area contributed by atoms with Crippen molar-refractivity contribution in [1.82, 2.24) is 20.3 Å². The van der Waals surface area contributed by atoms with Crippen LogP contribution in [0.2, 0.25) is 0 Å². The van der Waals surface area contributed by atoms with Crippen LogP contribution >= 0.6 is 15.9 Å². The van der Waals surface area contributed by atoms with Gasteiger partial charge in [0.15, 0.2) is 0 Å². The first-order valence-corrected chi connectivity index (χ1v) is 6.67. The average Bonchev–Trinajstić information content (AvgIpc) is 2.82. The molecule has 1 amide bonds. The third-order valence-corrected chi connectivity index (χ3v) is 2.96. The maximum Gasteiger partial charge on any atom is 0.234 e. The fourth-order valence-electron chi connectivity index (χ4n) is 1.65. The van der Waals surface area contributed by atoms with E-state index in [0.29, 0.717) is 16.7 Å². The maximum absolute atomic E-state index is 13.2. The Morgan fingerprint density at radius 3 is 2.95 bits per heavy atom. The normalized spacial score (nSPS) is 10.6. The molecule has 0 aliphatic carbocycles. The van der Waals surface area contributed by atoms with Gasteiger partial charge in [0.05, 0.1) is 25.8 Å². The number of aromatic nitrogens is 3. The number of carbonyl (C=O) groups excluding carboxylic acids is 1. The van der Waals surface area contributed by atoms with Gasteiger partial charge in [0.1, 0.15) is 11.5 Å². The van der Waals surface area contributed by atoms with Crippen molar-refractivity contribution in [2.75, 3.05) is 6.54 Å². The van der Waals surface area contributed by atoms with E-state index in [-0.39, 0.29) is 24.8 Å². The van der Waals surface area contributed by atoms with Gasteiger partial charge in [-0.2, -0.15) is 0 Å². The summed E-state index contributed by atoms with van der Waals surface area (Å²) in [5.41, 5.74) is 6.56. The minimum absolute atomic E-state index is 0.0640. The molecule has 1 aromatic heterocycles. The lowest BCUT2D eigenvalue weighted by Gasteiger charge is -2.02. The van der Waals surface area contributed by atoms with E-state index in [2.05, 4.69) is 31.6 Å². The Balaban J connectivity index is 2.00. The summed E-state index contributed by atoms with van der Waals surface area (Å²) in [5, 5.41) is 10.4. The van der Waals surface area contributed by atoms with Gasteiger partial charge in [0, 0.05) is 4.47 Å². The molecular weight excluding hydrogens is 329 g/mol. The molecule has 0 bridgehead atoms. The molecule has 0 saturated carbocycles. The predicted octanol–water partition coefficient (Wildman–Crippen LogP) is 0.803. The Kier molecular flexibility index (Phi) is 4.80. The van der Waals surface area contributed by atoms with Gasteiger partial charge < -0.3 is 11.1 Å². The first-order chi connectivity index (χ1) is 9.56. The van der Waals surface area contributed by atoms with E-state index >= 15 is 0 Å². The summed E-state index contributed by atoms with van der Waals surface area (Å²) >= 11 is 3.24. The van der Waals surface area contributed by atoms with Crippen LogP contribution in [0.4, 0.5) is 4.39 Å². The summed E-state index contributed by atoms with van der Waals surface area (Å²) in [4.78, 5) is 11.0. The molecule has 0 aliphatic rings. The van der Waals surface area contributed by atoms with Gasteiger partial charge in [0.2, 0.25) is 5.91 Å². The van der Waals surface area contributed by atoms with Crippen molar-refractivity contribution in [3.05, 3.63) is 45.9 Å². The molecule has 20 heavy (non-hydrogen) atoms. The van der Waals surface area contributed by atoms with Crippen molar-refractivity contribution in [3.63, 3.8) is 0 Å². The van der Waals surface area contributed by atoms with E-state index in [1.165, 1.54) is 12.1 Å². The smallest absolute Gasteiger partial charge is 0.234 e. The molecule has 0 radical (unpaired) electrons. The largest absolute Gasteiger partial charge is 0.349 e. The van der Waals surface area contributed by atoms with E-state index in [9.17, 15) is 9.18 Å². The van der Waals surface area contributed by atoms with Crippen molar-refractivity contribution in [1.29, 1.82) is 0 Å². The van der Waals surface area contributed by atoms with E-state index < -0.39 is 0 Å². The lowest BCUT2D eigenvalue weighted by atomic mass is 10.2. The molecule has 0 saturated heterocycles. The SMILES string of the molecule is NCC(=O)NCc1cn(Cc2cc(F)cc(Br)c2)nn1. The molecule has 0 atom stereocenters. The molecule has 0 unspecified atom stereocenters. The van der Waals surface area contributed by atoms with Gasteiger partial charge in [-0.25, -0.2) is 9.07 Å². The molecule has 2 rings (SSSR count). The first kappa shape index (κ1) is 14.6. The zero-order chi connectivity index (χ0) is 14.5. The lowest BCUT2D eigenvalue weighted by Crippen LogP contribution is -2.29. The first-order valence-electron chi connectivity index (χ1n) is 5.87. The summed E-state index contributed by atoms with van der Waals surface area (Å²) < 4.78 is 15.5. The topological polar surface area (TPSA) is 85.8 Å². The second-order valence-electron chi connectivity index (χ2n) is 4.17. The number of nitrogens with one attached hydrogen (secondary N) is 1. The van der Waals surface area contributed by atoms with Crippen LogP contribution in [0.25, 0.3) is 0 Å². The second kappa shape index (κ2) is 6.58. The van der Waals surface area contributed by atoms with Gasteiger partial charge in [-0.15, -0.1) is 5.10 Å². The number of nitrogens with two attached hydrogens (primary N) is 1. The monoisotopic (exact) mass is 341 g/mol. The third kappa shape index (κ3) is 4.10. The average molecular weight is 342 g/mol. The Morgan fingerprint density at radius 2 is 2.25 bits per heavy atom. The molecule has 0 spiro atoms. The molecule has 2 aromatic rings. The molecule has 0 fully saturated rings. The van der Waals surface area contributed by atoms with Crippen LogP contribution in [0.5, 0.6) is 0 Å². The standard InChI is InChI=1S/C12H13BrFN5O/c13-9-1-8(2-10(14)3-9)6-19-7-11(17-18-19)5-16-12(20)4-15/h1-3,7H,4-6,15H2,(H,16,20). The highest BCUT2D eigenvalue weighted by Gasteiger charge is 2.05. The van der Waals surface area contributed by atoms with Crippen LogP contribution in [-0.4, -0.2) is 27.4 Å². The van der Waals surface area contributed by atoms with E-state index in [4.69, 9.17) is 5.73 Å². The van der Waals surface area contributed by atoms with Crippen molar-refractivity contribution in [3.8, 4) is 0 Å². The van der Waals surface area contributed by atoms with E-state index in [0.717, 1.165) is 5.56 Å². The number of benzene rings is 1. The van der Waals surface area contributed by atoms with Gasteiger partial charge in [-0.3, -0.25) is 4.79 Å². The minimum atomic E-state index is -0.315. The van der Waals surface area contributed by atoms with Crippen LogP contribution in [0.15, 0.2) is 28.9 Å². The van der Waals surface area contributed by atoms with Gasteiger partial charge in [-0.05, 0) is 23.8 Å². The predicted molar refractivity (Wildman–Crippen MR) is 74.1 cm³/mol.